The number of fused-ring (bicyclic) bond motifs is 2. The predicted molar refractivity (Wildman–Crippen MR) is 142 cm³/mol. The molecule has 0 saturated heterocycles. The van der Waals surface area contributed by atoms with Crippen LogP contribution in [0.2, 0.25) is 0 Å². The predicted octanol–water partition coefficient (Wildman–Crippen LogP) is 6.78. The Balaban J connectivity index is 1.51. The lowest BCUT2D eigenvalue weighted by atomic mass is 9.81. The first kappa shape index (κ1) is 28.0. The summed E-state index contributed by atoms with van der Waals surface area (Å²) in [5.74, 6) is -3.55. The number of carbonyl (C=O) groups is 1. The summed E-state index contributed by atoms with van der Waals surface area (Å²) in [5.41, 5.74) is 1.33. The van der Waals surface area contributed by atoms with Crippen LogP contribution in [0.4, 0.5) is 13.2 Å². The van der Waals surface area contributed by atoms with Crippen molar-refractivity contribution in [3.05, 3.63) is 76.2 Å². The van der Waals surface area contributed by atoms with Gasteiger partial charge in [0.25, 0.3) is 0 Å². The van der Waals surface area contributed by atoms with Crippen molar-refractivity contribution < 1.29 is 37.3 Å². The molecule has 2 aromatic carbocycles. The van der Waals surface area contributed by atoms with E-state index in [1.165, 1.54) is 13.2 Å². The summed E-state index contributed by atoms with van der Waals surface area (Å²) in [6.45, 7) is 5.90. The van der Waals surface area contributed by atoms with E-state index in [2.05, 4.69) is 4.98 Å². The number of nitrogens with zero attached hydrogens (tertiary/aromatic N) is 1. The molecule has 3 atom stereocenters. The maximum absolute atomic E-state index is 15.7. The average Bonchev–Trinajstić information content (AvgIpc) is 3.50. The van der Waals surface area contributed by atoms with Crippen LogP contribution >= 0.6 is 0 Å². The molecular weight excluding hydrogens is 523 g/mol. The molecule has 3 aromatic rings. The van der Waals surface area contributed by atoms with Gasteiger partial charge in [-0.3, -0.25) is 4.79 Å². The van der Waals surface area contributed by atoms with E-state index in [0.717, 1.165) is 12.3 Å². The van der Waals surface area contributed by atoms with Crippen LogP contribution in [0.1, 0.15) is 62.0 Å². The molecule has 0 amide bonds. The van der Waals surface area contributed by atoms with Crippen molar-refractivity contribution in [2.45, 2.75) is 58.2 Å². The molecule has 40 heavy (non-hydrogen) atoms. The molecule has 9 heteroatoms. The molecular formula is C31H32F3NO5. The maximum atomic E-state index is 15.7. The number of pyridine rings is 1. The molecule has 1 fully saturated rings. The van der Waals surface area contributed by atoms with Gasteiger partial charge in [-0.05, 0) is 53.0 Å². The van der Waals surface area contributed by atoms with Crippen LogP contribution in [0.25, 0.3) is 11.1 Å². The molecule has 0 unspecified atom stereocenters. The van der Waals surface area contributed by atoms with Gasteiger partial charge in [-0.25, -0.2) is 18.2 Å². The van der Waals surface area contributed by atoms with E-state index in [-0.39, 0.29) is 40.3 Å². The third kappa shape index (κ3) is 4.70. The zero-order chi connectivity index (χ0) is 29.0. The van der Waals surface area contributed by atoms with Gasteiger partial charge in [0.15, 0.2) is 11.6 Å². The molecule has 2 aliphatic rings. The smallest absolute Gasteiger partial charge is 0.307 e. The van der Waals surface area contributed by atoms with Gasteiger partial charge in [0.05, 0.1) is 25.3 Å². The minimum atomic E-state index is -0.999. The van der Waals surface area contributed by atoms with E-state index in [4.69, 9.17) is 14.2 Å². The molecule has 1 heterocycles. The van der Waals surface area contributed by atoms with E-state index in [1.807, 2.05) is 26.8 Å². The van der Waals surface area contributed by atoms with Gasteiger partial charge in [0, 0.05) is 35.8 Å². The highest BCUT2D eigenvalue weighted by Gasteiger charge is 2.63. The number of carboxylic acids is 1. The van der Waals surface area contributed by atoms with Crippen molar-refractivity contribution >= 4 is 5.97 Å². The van der Waals surface area contributed by atoms with Crippen molar-refractivity contribution in [1.82, 2.24) is 4.98 Å². The number of rotatable bonds is 8. The summed E-state index contributed by atoms with van der Waals surface area (Å²) in [7, 11) is 3.03. The van der Waals surface area contributed by atoms with Crippen LogP contribution in [0.5, 0.6) is 11.6 Å². The number of ether oxygens (including phenoxy) is 3. The molecule has 1 N–H and O–H groups in total. The fraction of sp³-hybridized carbons (Fsp3) is 0.419. The fourth-order valence-corrected chi connectivity index (χ4v) is 6.17. The lowest BCUT2D eigenvalue weighted by Gasteiger charge is -2.32. The van der Waals surface area contributed by atoms with Crippen LogP contribution in [0.15, 0.2) is 36.5 Å². The molecule has 0 aliphatic heterocycles. The Morgan fingerprint density at radius 2 is 1.88 bits per heavy atom. The Bertz CT molecular complexity index is 1480. The zero-order valence-corrected chi connectivity index (χ0v) is 23.1. The Kier molecular flexibility index (Phi) is 7.06. The van der Waals surface area contributed by atoms with Gasteiger partial charge >= 0.3 is 5.97 Å². The van der Waals surface area contributed by atoms with Crippen LogP contribution in [0, 0.1) is 28.8 Å². The van der Waals surface area contributed by atoms with Gasteiger partial charge in [-0.2, -0.15) is 0 Å². The number of hydrogen-bond acceptors (Lipinski definition) is 5. The summed E-state index contributed by atoms with van der Waals surface area (Å²) < 4.78 is 62.5. The zero-order valence-electron chi connectivity index (χ0n) is 23.1. The van der Waals surface area contributed by atoms with Crippen molar-refractivity contribution in [2.75, 3.05) is 14.2 Å². The lowest BCUT2D eigenvalue weighted by molar-refractivity contribution is -0.139. The summed E-state index contributed by atoms with van der Waals surface area (Å²) in [6, 6.07) is 7.82. The Labute approximate surface area is 231 Å². The van der Waals surface area contributed by atoms with Crippen LogP contribution < -0.4 is 9.47 Å². The minimum Gasteiger partial charge on any atom is -0.486 e. The van der Waals surface area contributed by atoms with Crippen molar-refractivity contribution in [3.63, 3.8) is 0 Å². The monoisotopic (exact) mass is 555 g/mol. The van der Waals surface area contributed by atoms with Crippen molar-refractivity contribution in [2.24, 2.45) is 11.3 Å². The van der Waals surface area contributed by atoms with Crippen molar-refractivity contribution in [1.29, 1.82) is 0 Å². The molecule has 1 aromatic heterocycles. The van der Waals surface area contributed by atoms with Crippen LogP contribution in [0.3, 0.4) is 0 Å². The van der Waals surface area contributed by atoms with E-state index >= 15 is 4.39 Å². The first-order valence-corrected chi connectivity index (χ1v) is 13.1. The van der Waals surface area contributed by atoms with E-state index in [9.17, 15) is 18.7 Å². The molecule has 212 valence electrons. The van der Waals surface area contributed by atoms with E-state index in [1.54, 1.807) is 19.2 Å². The quantitative estimate of drug-likeness (QED) is 0.330. The van der Waals surface area contributed by atoms with Crippen LogP contribution in [-0.4, -0.2) is 30.3 Å². The third-order valence-electron chi connectivity index (χ3n) is 8.12. The van der Waals surface area contributed by atoms with Crippen LogP contribution in [-0.2, 0) is 28.0 Å². The highest BCUT2D eigenvalue weighted by Crippen LogP contribution is 2.63. The SMILES string of the molecule is COc1cc(-c2ccc(COc3cc(F)c4c(c3F)[C@@]3(CC4)C[C@@H]3C(=O)O)cc2[C@@H](OC)C(C)(C)C)c(F)cn1. The number of halogens is 3. The van der Waals surface area contributed by atoms with Gasteiger partial charge in [-0.1, -0.05) is 32.9 Å². The van der Waals surface area contributed by atoms with Gasteiger partial charge in [0.2, 0.25) is 5.88 Å². The lowest BCUT2D eigenvalue weighted by Crippen LogP contribution is -2.21. The standard InChI is InChI=1S/C31H32F3NO5/c1-30(2,3)28(39-5)20-10-16(6-7-17(20)19-11-25(38-4)35-14-23(19)33)15-40-24-12-22(32)18-8-9-31(26(18)27(24)34)13-21(31)29(36)37/h6-7,10-12,14,21,28H,8-9,13,15H2,1-5H3,(H,36,37)/t21-,28-,31+/m1/s1. The number of carboxylic acid groups (broad SMARTS) is 1. The highest BCUT2D eigenvalue weighted by molar-refractivity contribution is 5.78. The van der Waals surface area contributed by atoms with Gasteiger partial charge < -0.3 is 19.3 Å². The number of benzene rings is 2. The molecule has 6 nitrogen and oxygen atoms in total. The second-order valence-corrected chi connectivity index (χ2v) is 11.7. The summed E-state index contributed by atoms with van der Waals surface area (Å²) in [6.07, 6.45) is 1.65. The molecule has 0 bridgehead atoms. The summed E-state index contributed by atoms with van der Waals surface area (Å²) in [5, 5.41) is 9.49. The molecule has 5 rings (SSSR count). The van der Waals surface area contributed by atoms with Gasteiger partial charge in [0.1, 0.15) is 18.2 Å². The normalized spacial score (nSPS) is 20.4. The number of methoxy groups -OCH3 is 2. The summed E-state index contributed by atoms with van der Waals surface area (Å²) in [4.78, 5) is 15.5. The molecule has 1 saturated carbocycles. The molecule has 1 spiro atoms. The average molecular weight is 556 g/mol. The first-order valence-electron chi connectivity index (χ1n) is 13.1. The number of hydrogen-bond donors (Lipinski definition) is 1. The second-order valence-electron chi connectivity index (χ2n) is 11.7. The molecule has 2 aliphatic carbocycles. The number of aliphatic carboxylic acids is 1. The first-order chi connectivity index (χ1) is 18.9. The third-order valence-corrected chi connectivity index (χ3v) is 8.12. The largest absolute Gasteiger partial charge is 0.486 e. The Morgan fingerprint density at radius 3 is 2.50 bits per heavy atom. The Morgan fingerprint density at radius 1 is 1.12 bits per heavy atom. The highest BCUT2D eigenvalue weighted by atomic mass is 19.1. The number of aromatic nitrogens is 1. The second kappa shape index (κ2) is 10.1. The fourth-order valence-electron chi connectivity index (χ4n) is 6.17. The van der Waals surface area contributed by atoms with Gasteiger partial charge in [-0.15, -0.1) is 0 Å². The topological polar surface area (TPSA) is 77.9 Å². The minimum absolute atomic E-state index is 0.0967. The molecule has 0 radical (unpaired) electrons. The van der Waals surface area contributed by atoms with Crippen molar-refractivity contribution in [3.8, 4) is 22.8 Å². The Hall–Kier alpha value is -3.59. The van der Waals surface area contributed by atoms with E-state index in [0.29, 0.717) is 36.0 Å². The van der Waals surface area contributed by atoms with E-state index < -0.39 is 40.9 Å². The maximum Gasteiger partial charge on any atom is 0.307 e. The summed E-state index contributed by atoms with van der Waals surface area (Å²) >= 11 is 0.